The van der Waals surface area contributed by atoms with Crippen molar-refractivity contribution < 1.29 is 4.74 Å². The lowest BCUT2D eigenvalue weighted by Gasteiger charge is -2.11. The summed E-state index contributed by atoms with van der Waals surface area (Å²) in [6.07, 6.45) is 2.73. The Morgan fingerprint density at radius 1 is 1.06 bits per heavy atom. The zero-order chi connectivity index (χ0) is 13.2. The standard InChI is InChI=1S/C15H26N2O/c1-4-5-10-16-11-12-17-14-6-8-15(9-7-14)18-13(2)3/h6-9,13,16-17H,4-5,10-12H2,1-3H3. The number of benzene rings is 1. The van der Waals surface area contributed by atoms with E-state index in [2.05, 4.69) is 29.7 Å². The van der Waals surface area contributed by atoms with Crippen LogP contribution in [-0.4, -0.2) is 25.7 Å². The Balaban J connectivity index is 2.18. The van der Waals surface area contributed by atoms with Crippen LogP contribution in [0.25, 0.3) is 0 Å². The van der Waals surface area contributed by atoms with Crippen molar-refractivity contribution in [1.29, 1.82) is 0 Å². The van der Waals surface area contributed by atoms with Crippen molar-refractivity contribution in [1.82, 2.24) is 5.32 Å². The molecule has 2 N–H and O–H groups in total. The van der Waals surface area contributed by atoms with Gasteiger partial charge in [0.05, 0.1) is 6.10 Å². The van der Waals surface area contributed by atoms with E-state index in [1.165, 1.54) is 12.8 Å². The minimum atomic E-state index is 0.228. The number of rotatable bonds is 9. The lowest BCUT2D eigenvalue weighted by Crippen LogP contribution is -2.23. The second-order valence-corrected chi connectivity index (χ2v) is 4.72. The zero-order valence-corrected chi connectivity index (χ0v) is 11.8. The summed E-state index contributed by atoms with van der Waals surface area (Å²) in [5.41, 5.74) is 1.14. The molecule has 1 rings (SSSR count). The summed E-state index contributed by atoms with van der Waals surface area (Å²) in [6.45, 7) is 9.35. The first-order valence-corrected chi connectivity index (χ1v) is 6.93. The van der Waals surface area contributed by atoms with E-state index in [1.54, 1.807) is 0 Å². The number of anilines is 1. The minimum Gasteiger partial charge on any atom is -0.491 e. The van der Waals surface area contributed by atoms with Gasteiger partial charge in [0.1, 0.15) is 5.75 Å². The quantitative estimate of drug-likeness (QED) is 0.660. The maximum atomic E-state index is 5.60. The SMILES string of the molecule is CCCCNCCNc1ccc(OC(C)C)cc1. The number of ether oxygens (including phenoxy) is 1. The summed E-state index contributed by atoms with van der Waals surface area (Å²) in [7, 11) is 0. The van der Waals surface area contributed by atoms with Gasteiger partial charge in [0, 0.05) is 18.8 Å². The Hall–Kier alpha value is -1.22. The molecule has 102 valence electrons. The van der Waals surface area contributed by atoms with Gasteiger partial charge in [0.2, 0.25) is 0 Å². The van der Waals surface area contributed by atoms with Crippen LogP contribution in [0.1, 0.15) is 33.6 Å². The van der Waals surface area contributed by atoms with E-state index in [1.807, 2.05) is 26.0 Å². The molecule has 1 aromatic rings. The van der Waals surface area contributed by atoms with Gasteiger partial charge in [-0.15, -0.1) is 0 Å². The molecular weight excluding hydrogens is 224 g/mol. The topological polar surface area (TPSA) is 33.3 Å². The van der Waals surface area contributed by atoms with Gasteiger partial charge in [-0.25, -0.2) is 0 Å². The second kappa shape index (κ2) is 8.81. The smallest absolute Gasteiger partial charge is 0.119 e. The van der Waals surface area contributed by atoms with Crippen molar-refractivity contribution in [3.8, 4) is 5.75 Å². The lowest BCUT2D eigenvalue weighted by atomic mass is 10.3. The molecule has 0 aromatic heterocycles. The third kappa shape index (κ3) is 6.50. The fourth-order valence-electron chi connectivity index (χ4n) is 1.65. The first-order chi connectivity index (χ1) is 8.72. The molecule has 1 aromatic carbocycles. The largest absolute Gasteiger partial charge is 0.491 e. The highest BCUT2D eigenvalue weighted by Crippen LogP contribution is 2.16. The highest BCUT2D eigenvalue weighted by Gasteiger charge is 1.97. The van der Waals surface area contributed by atoms with E-state index in [-0.39, 0.29) is 6.10 Å². The molecule has 0 saturated carbocycles. The van der Waals surface area contributed by atoms with Crippen molar-refractivity contribution in [3.63, 3.8) is 0 Å². The van der Waals surface area contributed by atoms with E-state index in [0.29, 0.717) is 0 Å². The molecule has 3 nitrogen and oxygen atoms in total. The molecular formula is C15H26N2O. The van der Waals surface area contributed by atoms with Crippen LogP contribution < -0.4 is 15.4 Å². The van der Waals surface area contributed by atoms with Gasteiger partial charge in [-0.3, -0.25) is 0 Å². The first-order valence-electron chi connectivity index (χ1n) is 6.93. The maximum absolute atomic E-state index is 5.60. The van der Waals surface area contributed by atoms with E-state index in [4.69, 9.17) is 4.74 Å². The van der Waals surface area contributed by atoms with Gasteiger partial charge >= 0.3 is 0 Å². The lowest BCUT2D eigenvalue weighted by molar-refractivity contribution is 0.242. The number of unbranched alkanes of at least 4 members (excludes halogenated alkanes) is 1. The van der Waals surface area contributed by atoms with Crippen molar-refractivity contribution >= 4 is 5.69 Å². The van der Waals surface area contributed by atoms with E-state index < -0.39 is 0 Å². The van der Waals surface area contributed by atoms with Crippen LogP contribution >= 0.6 is 0 Å². The molecule has 0 aliphatic rings. The van der Waals surface area contributed by atoms with Gasteiger partial charge in [-0.05, 0) is 51.1 Å². The number of hydrogen-bond acceptors (Lipinski definition) is 3. The van der Waals surface area contributed by atoms with Gasteiger partial charge in [-0.2, -0.15) is 0 Å². The molecule has 0 unspecified atom stereocenters. The Bertz CT molecular complexity index is 309. The average molecular weight is 250 g/mol. The molecule has 3 heteroatoms. The average Bonchev–Trinajstić information content (AvgIpc) is 2.35. The molecule has 0 aliphatic heterocycles. The van der Waals surface area contributed by atoms with Crippen LogP contribution in [-0.2, 0) is 0 Å². The molecule has 0 spiro atoms. The predicted octanol–water partition coefficient (Wildman–Crippen LogP) is 3.28. The molecule has 0 saturated heterocycles. The zero-order valence-electron chi connectivity index (χ0n) is 11.8. The summed E-state index contributed by atoms with van der Waals surface area (Å²) in [5.74, 6) is 0.927. The fourth-order valence-corrected chi connectivity index (χ4v) is 1.65. The molecule has 0 radical (unpaired) electrons. The maximum Gasteiger partial charge on any atom is 0.119 e. The molecule has 0 bridgehead atoms. The van der Waals surface area contributed by atoms with Gasteiger partial charge in [0.25, 0.3) is 0 Å². The summed E-state index contributed by atoms with van der Waals surface area (Å²) >= 11 is 0. The van der Waals surface area contributed by atoms with Crippen molar-refractivity contribution in [2.45, 2.75) is 39.7 Å². The normalized spacial score (nSPS) is 10.7. The predicted molar refractivity (Wildman–Crippen MR) is 78.5 cm³/mol. The second-order valence-electron chi connectivity index (χ2n) is 4.72. The molecule has 0 aliphatic carbocycles. The Morgan fingerprint density at radius 2 is 1.78 bits per heavy atom. The minimum absolute atomic E-state index is 0.228. The highest BCUT2D eigenvalue weighted by atomic mass is 16.5. The van der Waals surface area contributed by atoms with E-state index >= 15 is 0 Å². The van der Waals surface area contributed by atoms with Crippen molar-refractivity contribution in [2.24, 2.45) is 0 Å². The molecule has 0 amide bonds. The third-order valence-electron chi connectivity index (χ3n) is 2.56. The monoisotopic (exact) mass is 250 g/mol. The van der Waals surface area contributed by atoms with E-state index in [9.17, 15) is 0 Å². The van der Waals surface area contributed by atoms with Crippen molar-refractivity contribution in [2.75, 3.05) is 25.0 Å². The Kier molecular flexibility index (Phi) is 7.26. The number of nitrogens with one attached hydrogen (secondary N) is 2. The van der Waals surface area contributed by atoms with Crippen LogP contribution in [0.2, 0.25) is 0 Å². The summed E-state index contributed by atoms with van der Waals surface area (Å²) in [5, 5.41) is 6.79. The first kappa shape index (κ1) is 14.8. The molecule has 0 heterocycles. The third-order valence-corrected chi connectivity index (χ3v) is 2.56. The van der Waals surface area contributed by atoms with Gasteiger partial charge in [0.15, 0.2) is 0 Å². The van der Waals surface area contributed by atoms with Gasteiger partial charge < -0.3 is 15.4 Å². The van der Waals surface area contributed by atoms with Crippen LogP contribution in [0, 0.1) is 0 Å². The van der Waals surface area contributed by atoms with Crippen LogP contribution in [0.5, 0.6) is 5.75 Å². The molecule has 18 heavy (non-hydrogen) atoms. The van der Waals surface area contributed by atoms with Crippen molar-refractivity contribution in [3.05, 3.63) is 24.3 Å². The van der Waals surface area contributed by atoms with Crippen LogP contribution in [0.4, 0.5) is 5.69 Å². The summed E-state index contributed by atoms with van der Waals surface area (Å²) in [4.78, 5) is 0. The molecule has 0 fully saturated rings. The highest BCUT2D eigenvalue weighted by molar-refractivity contribution is 5.46. The van der Waals surface area contributed by atoms with Gasteiger partial charge in [-0.1, -0.05) is 13.3 Å². The Labute approximate surface area is 111 Å². The van der Waals surface area contributed by atoms with Crippen LogP contribution in [0.3, 0.4) is 0 Å². The van der Waals surface area contributed by atoms with E-state index in [0.717, 1.165) is 31.1 Å². The summed E-state index contributed by atoms with van der Waals surface area (Å²) < 4.78 is 5.60. The summed E-state index contributed by atoms with van der Waals surface area (Å²) in [6, 6.07) is 8.13. The van der Waals surface area contributed by atoms with Crippen LogP contribution in [0.15, 0.2) is 24.3 Å². The molecule has 0 atom stereocenters. The number of hydrogen-bond donors (Lipinski definition) is 2. The Morgan fingerprint density at radius 3 is 2.39 bits per heavy atom. The fraction of sp³-hybridized carbons (Fsp3) is 0.600.